The normalized spacial score (nSPS) is 12.5. The Morgan fingerprint density at radius 3 is 2.83 bits per heavy atom. The van der Waals surface area contributed by atoms with E-state index < -0.39 is 0 Å². The fourth-order valence-corrected chi connectivity index (χ4v) is 3.90. The number of carbonyl (C=O) groups is 1. The van der Waals surface area contributed by atoms with Crippen LogP contribution in [0.5, 0.6) is 0 Å². The third-order valence-corrected chi connectivity index (χ3v) is 5.77. The molecule has 3 aromatic rings. The van der Waals surface area contributed by atoms with Crippen LogP contribution < -0.4 is 5.32 Å². The molecule has 126 valence electrons. The first-order chi connectivity index (χ1) is 11.5. The Hall–Kier alpha value is -1.86. The molecule has 1 N–H and O–H groups in total. The van der Waals surface area contributed by atoms with Crippen LogP contribution in [-0.4, -0.2) is 28.2 Å². The zero-order chi connectivity index (χ0) is 17.1. The lowest BCUT2D eigenvalue weighted by atomic mass is 10.2. The smallest absolute Gasteiger partial charge is 0.256 e. The number of para-hydroxylation sites is 1. The van der Waals surface area contributed by atoms with Crippen molar-refractivity contribution in [3.8, 4) is 0 Å². The maximum Gasteiger partial charge on any atom is 0.256 e. The summed E-state index contributed by atoms with van der Waals surface area (Å²) in [5.74, 6) is 1.25. The van der Waals surface area contributed by atoms with Crippen molar-refractivity contribution in [2.75, 3.05) is 12.3 Å². The van der Waals surface area contributed by atoms with E-state index in [0.29, 0.717) is 17.5 Å². The van der Waals surface area contributed by atoms with Gasteiger partial charge in [0, 0.05) is 12.5 Å². The molecule has 1 unspecified atom stereocenters. The molecule has 0 saturated heterocycles. The van der Waals surface area contributed by atoms with Gasteiger partial charge in [-0.05, 0) is 26.0 Å². The molecule has 3 rings (SSSR count). The van der Waals surface area contributed by atoms with E-state index in [1.807, 2.05) is 32.0 Å². The molecule has 24 heavy (non-hydrogen) atoms. The van der Waals surface area contributed by atoms with Crippen molar-refractivity contribution in [3.63, 3.8) is 0 Å². The number of aryl methyl sites for hydroxylation is 2. The predicted molar refractivity (Wildman–Crippen MR) is 97.7 cm³/mol. The van der Waals surface area contributed by atoms with E-state index in [0.717, 1.165) is 22.0 Å². The molecule has 0 bridgehead atoms. The number of nitrogens with zero attached hydrogens (tertiary/aromatic N) is 2. The Kier molecular flexibility index (Phi) is 5.20. The number of nitrogens with one attached hydrogen (secondary N) is 1. The van der Waals surface area contributed by atoms with Gasteiger partial charge in [0.1, 0.15) is 5.76 Å². The second-order valence-electron chi connectivity index (χ2n) is 5.63. The molecule has 1 amide bonds. The molecule has 2 heterocycles. The van der Waals surface area contributed by atoms with Crippen LogP contribution in [0.4, 0.5) is 0 Å². The molecule has 1 aromatic carbocycles. The lowest BCUT2D eigenvalue weighted by Crippen LogP contribution is -2.28. The SMILES string of the molecule is Cc1nc(SCC(=O)NCC(C)c2nc3ccccc3s2)oc1C. The number of aromatic nitrogens is 2. The van der Waals surface area contributed by atoms with Crippen molar-refractivity contribution in [1.82, 2.24) is 15.3 Å². The highest BCUT2D eigenvalue weighted by Gasteiger charge is 2.14. The summed E-state index contributed by atoms with van der Waals surface area (Å²) in [5.41, 5.74) is 1.88. The van der Waals surface area contributed by atoms with Gasteiger partial charge < -0.3 is 9.73 Å². The summed E-state index contributed by atoms with van der Waals surface area (Å²) in [6.45, 7) is 6.41. The summed E-state index contributed by atoms with van der Waals surface area (Å²) < 4.78 is 6.63. The van der Waals surface area contributed by atoms with Gasteiger partial charge in [0.25, 0.3) is 5.22 Å². The van der Waals surface area contributed by atoms with Crippen molar-refractivity contribution < 1.29 is 9.21 Å². The van der Waals surface area contributed by atoms with Crippen LogP contribution in [0.2, 0.25) is 0 Å². The largest absolute Gasteiger partial charge is 0.437 e. The molecule has 0 aliphatic carbocycles. The Labute approximate surface area is 148 Å². The number of amides is 1. The number of hydrogen-bond acceptors (Lipinski definition) is 6. The zero-order valence-electron chi connectivity index (χ0n) is 13.8. The van der Waals surface area contributed by atoms with E-state index in [9.17, 15) is 4.79 Å². The molecule has 0 aliphatic heterocycles. The van der Waals surface area contributed by atoms with Crippen LogP contribution in [-0.2, 0) is 4.79 Å². The van der Waals surface area contributed by atoms with E-state index in [2.05, 4.69) is 28.3 Å². The topological polar surface area (TPSA) is 68.0 Å². The van der Waals surface area contributed by atoms with Gasteiger partial charge in [0.15, 0.2) is 0 Å². The number of fused-ring (bicyclic) bond motifs is 1. The molecular weight excluding hydrogens is 342 g/mol. The van der Waals surface area contributed by atoms with Crippen molar-refractivity contribution in [1.29, 1.82) is 0 Å². The minimum atomic E-state index is -0.0264. The van der Waals surface area contributed by atoms with Crippen molar-refractivity contribution >= 4 is 39.2 Å². The highest BCUT2D eigenvalue weighted by Crippen LogP contribution is 2.27. The lowest BCUT2D eigenvalue weighted by molar-refractivity contribution is -0.118. The Balaban J connectivity index is 1.50. The second-order valence-corrected chi connectivity index (χ2v) is 7.62. The van der Waals surface area contributed by atoms with Gasteiger partial charge in [-0.25, -0.2) is 9.97 Å². The summed E-state index contributed by atoms with van der Waals surface area (Å²) in [6.07, 6.45) is 0. The van der Waals surface area contributed by atoms with Crippen LogP contribution in [0.1, 0.15) is 29.3 Å². The standard InChI is InChI=1S/C17H19N3O2S2/c1-10(16-20-13-6-4-5-7-14(13)24-16)8-18-15(21)9-23-17-19-11(2)12(3)22-17/h4-7,10H,8-9H2,1-3H3,(H,18,21). The van der Waals surface area contributed by atoms with Crippen LogP contribution in [0, 0.1) is 13.8 Å². The van der Waals surface area contributed by atoms with Crippen molar-refractivity contribution in [2.24, 2.45) is 0 Å². The van der Waals surface area contributed by atoms with Gasteiger partial charge in [-0.15, -0.1) is 11.3 Å². The lowest BCUT2D eigenvalue weighted by Gasteiger charge is -2.09. The molecule has 1 atom stereocenters. The van der Waals surface area contributed by atoms with Gasteiger partial charge in [0.2, 0.25) is 5.91 Å². The number of carbonyl (C=O) groups excluding carboxylic acids is 1. The molecule has 0 saturated carbocycles. The van der Waals surface area contributed by atoms with Crippen LogP contribution >= 0.6 is 23.1 Å². The second kappa shape index (κ2) is 7.36. The van der Waals surface area contributed by atoms with E-state index in [1.165, 1.54) is 16.5 Å². The molecule has 0 fully saturated rings. The van der Waals surface area contributed by atoms with Crippen LogP contribution in [0.3, 0.4) is 0 Å². The van der Waals surface area contributed by atoms with Gasteiger partial charge in [0.05, 0.1) is 26.7 Å². The Morgan fingerprint density at radius 1 is 1.33 bits per heavy atom. The van der Waals surface area contributed by atoms with Gasteiger partial charge in [-0.1, -0.05) is 30.8 Å². The zero-order valence-corrected chi connectivity index (χ0v) is 15.5. The first-order valence-corrected chi connectivity index (χ1v) is 9.52. The average molecular weight is 361 g/mol. The molecule has 0 aliphatic rings. The Bertz CT molecular complexity index is 804. The minimum absolute atomic E-state index is 0.0264. The monoisotopic (exact) mass is 361 g/mol. The minimum Gasteiger partial charge on any atom is -0.437 e. The van der Waals surface area contributed by atoms with Crippen molar-refractivity contribution in [2.45, 2.75) is 31.9 Å². The van der Waals surface area contributed by atoms with Crippen LogP contribution in [0.15, 0.2) is 33.9 Å². The number of hydrogen-bond donors (Lipinski definition) is 1. The van der Waals surface area contributed by atoms with E-state index in [1.54, 1.807) is 11.3 Å². The molecule has 5 nitrogen and oxygen atoms in total. The summed E-state index contributed by atoms with van der Waals surface area (Å²) in [6, 6.07) is 8.08. The highest BCUT2D eigenvalue weighted by atomic mass is 32.2. The molecule has 7 heteroatoms. The quantitative estimate of drug-likeness (QED) is 0.674. The fraction of sp³-hybridized carbons (Fsp3) is 0.353. The van der Waals surface area contributed by atoms with Crippen molar-refractivity contribution in [3.05, 3.63) is 40.7 Å². The maximum absolute atomic E-state index is 12.0. The summed E-state index contributed by atoms with van der Waals surface area (Å²) in [4.78, 5) is 20.9. The van der Waals surface area contributed by atoms with Gasteiger partial charge >= 0.3 is 0 Å². The maximum atomic E-state index is 12.0. The number of oxazole rings is 1. The average Bonchev–Trinajstić information content (AvgIpc) is 3.14. The summed E-state index contributed by atoms with van der Waals surface area (Å²) in [7, 11) is 0. The van der Waals surface area contributed by atoms with E-state index in [-0.39, 0.29) is 11.8 Å². The number of benzene rings is 1. The molecule has 0 radical (unpaired) electrons. The molecule has 2 aromatic heterocycles. The third kappa shape index (κ3) is 3.96. The predicted octanol–water partition coefficient (Wildman–Crippen LogP) is 3.91. The third-order valence-electron chi connectivity index (χ3n) is 3.67. The first kappa shape index (κ1) is 17.0. The molecular formula is C17H19N3O2S2. The Morgan fingerprint density at radius 2 is 2.12 bits per heavy atom. The fourth-order valence-electron chi connectivity index (χ4n) is 2.14. The summed E-state index contributed by atoms with van der Waals surface area (Å²) in [5, 5.41) is 4.54. The van der Waals surface area contributed by atoms with Crippen LogP contribution in [0.25, 0.3) is 10.2 Å². The number of thiazole rings is 1. The van der Waals surface area contributed by atoms with E-state index >= 15 is 0 Å². The number of thioether (sulfide) groups is 1. The number of rotatable bonds is 6. The van der Waals surface area contributed by atoms with E-state index in [4.69, 9.17) is 4.42 Å². The first-order valence-electron chi connectivity index (χ1n) is 7.72. The molecule has 0 spiro atoms. The van der Waals surface area contributed by atoms with Gasteiger partial charge in [-0.2, -0.15) is 0 Å². The summed E-state index contributed by atoms with van der Waals surface area (Å²) >= 11 is 2.99. The highest BCUT2D eigenvalue weighted by molar-refractivity contribution is 7.99. The van der Waals surface area contributed by atoms with Gasteiger partial charge in [-0.3, -0.25) is 4.79 Å².